The van der Waals surface area contributed by atoms with Crippen molar-refractivity contribution >= 4 is 16.6 Å². The van der Waals surface area contributed by atoms with Gasteiger partial charge in [0.25, 0.3) is 0 Å². The lowest BCUT2D eigenvalue weighted by atomic mass is 9.79. The van der Waals surface area contributed by atoms with Crippen molar-refractivity contribution in [2.75, 3.05) is 5.73 Å². The normalized spacial score (nSPS) is 24.2. The van der Waals surface area contributed by atoms with E-state index in [0.29, 0.717) is 11.3 Å². The summed E-state index contributed by atoms with van der Waals surface area (Å²) in [4.78, 5) is 3.39. The van der Waals surface area contributed by atoms with Gasteiger partial charge in [0.2, 0.25) is 0 Å². The van der Waals surface area contributed by atoms with Crippen LogP contribution in [0.5, 0.6) is 0 Å². The molecule has 2 unspecified atom stereocenters. The number of aromatic nitrogens is 1. The molecule has 19 heavy (non-hydrogen) atoms. The minimum Gasteiger partial charge on any atom is -0.399 e. The van der Waals surface area contributed by atoms with E-state index >= 15 is 0 Å². The predicted octanol–water partition coefficient (Wildman–Crippen LogP) is 4.68. The average Bonchev–Trinajstić information content (AvgIpc) is 2.92. The first-order valence-electron chi connectivity index (χ1n) is 7.31. The number of anilines is 1. The maximum atomic E-state index is 5.93. The lowest BCUT2D eigenvalue weighted by molar-refractivity contribution is 0.244. The van der Waals surface area contributed by atoms with E-state index in [1.807, 2.05) is 6.07 Å². The van der Waals surface area contributed by atoms with Crippen LogP contribution >= 0.6 is 0 Å². The van der Waals surface area contributed by atoms with Gasteiger partial charge in [-0.1, -0.05) is 20.8 Å². The Morgan fingerprint density at radius 3 is 2.68 bits per heavy atom. The summed E-state index contributed by atoms with van der Waals surface area (Å²) in [7, 11) is 0. The zero-order valence-electron chi connectivity index (χ0n) is 12.2. The molecule has 0 aliphatic heterocycles. The lowest BCUT2D eigenvalue weighted by Crippen LogP contribution is -2.17. The number of nitrogens with two attached hydrogens (primary N) is 1. The standard InChI is InChI=1S/C17H24N2/c1-17(2,3)12-5-4-11(8-12)15-10-19-16-7-6-13(18)9-14(15)16/h6-7,9-12,19H,4-5,8,18H2,1-3H3. The molecule has 1 aromatic heterocycles. The van der Waals surface area contributed by atoms with Crippen LogP contribution in [0.3, 0.4) is 0 Å². The second kappa shape index (κ2) is 4.29. The molecule has 1 fully saturated rings. The molecule has 1 saturated carbocycles. The Balaban J connectivity index is 1.92. The Labute approximate surface area is 115 Å². The molecule has 0 saturated heterocycles. The van der Waals surface area contributed by atoms with Crippen LogP contribution in [0.25, 0.3) is 10.9 Å². The van der Waals surface area contributed by atoms with E-state index in [0.717, 1.165) is 11.6 Å². The molecule has 1 heterocycles. The van der Waals surface area contributed by atoms with Crippen molar-refractivity contribution in [1.82, 2.24) is 4.98 Å². The largest absolute Gasteiger partial charge is 0.399 e. The zero-order chi connectivity index (χ0) is 13.6. The molecule has 3 rings (SSSR count). The van der Waals surface area contributed by atoms with E-state index < -0.39 is 0 Å². The first-order chi connectivity index (χ1) is 8.95. The smallest absolute Gasteiger partial charge is 0.0458 e. The van der Waals surface area contributed by atoms with Crippen molar-refractivity contribution < 1.29 is 0 Å². The minimum absolute atomic E-state index is 0.430. The van der Waals surface area contributed by atoms with Gasteiger partial charge in [0.05, 0.1) is 0 Å². The van der Waals surface area contributed by atoms with E-state index in [4.69, 9.17) is 5.73 Å². The Morgan fingerprint density at radius 2 is 2.00 bits per heavy atom. The van der Waals surface area contributed by atoms with Crippen LogP contribution in [-0.2, 0) is 0 Å². The van der Waals surface area contributed by atoms with Gasteiger partial charge in [-0.2, -0.15) is 0 Å². The predicted molar refractivity (Wildman–Crippen MR) is 82.2 cm³/mol. The number of fused-ring (bicyclic) bond motifs is 1. The summed E-state index contributed by atoms with van der Waals surface area (Å²) in [6.45, 7) is 7.10. The van der Waals surface area contributed by atoms with Gasteiger partial charge in [0, 0.05) is 22.8 Å². The third kappa shape index (κ3) is 2.24. The van der Waals surface area contributed by atoms with E-state index in [-0.39, 0.29) is 0 Å². The summed E-state index contributed by atoms with van der Waals surface area (Å²) < 4.78 is 0. The number of H-pyrrole nitrogens is 1. The molecule has 1 aromatic carbocycles. The minimum atomic E-state index is 0.430. The summed E-state index contributed by atoms with van der Waals surface area (Å²) in [6.07, 6.45) is 6.16. The molecule has 0 bridgehead atoms. The second-order valence-corrected chi connectivity index (χ2v) is 7.12. The summed E-state index contributed by atoms with van der Waals surface area (Å²) in [5.74, 6) is 1.53. The third-order valence-corrected chi connectivity index (χ3v) is 4.83. The Kier molecular flexibility index (Phi) is 2.84. The first-order valence-corrected chi connectivity index (χ1v) is 7.31. The van der Waals surface area contributed by atoms with Crippen LogP contribution in [0.1, 0.15) is 51.5 Å². The topological polar surface area (TPSA) is 41.8 Å². The zero-order valence-corrected chi connectivity index (χ0v) is 12.2. The average molecular weight is 256 g/mol. The van der Waals surface area contributed by atoms with Crippen molar-refractivity contribution in [3.05, 3.63) is 30.0 Å². The Hall–Kier alpha value is -1.44. The molecular formula is C17H24N2. The number of nitrogens with one attached hydrogen (secondary N) is 1. The van der Waals surface area contributed by atoms with Gasteiger partial charge in [-0.15, -0.1) is 0 Å². The number of benzene rings is 1. The molecule has 3 N–H and O–H groups in total. The van der Waals surface area contributed by atoms with Crippen LogP contribution in [0.4, 0.5) is 5.69 Å². The molecule has 2 aromatic rings. The fraction of sp³-hybridized carbons (Fsp3) is 0.529. The van der Waals surface area contributed by atoms with Crippen molar-refractivity contribution in [3.8, 4) is 0 Å². The number of aromatic amines is 1. The summed E-state index contributed by atoms with van der Waals surface area (Å²) in [6, 6.07) is 6.17. The maximum Gasteiger partial charge on any atom is 0.0458 e. The van der Waals surface area contributed by atoms with Gasteiger partial charge >= 0.3 is 0 Å². The Morgan fingerprint density at radius 1 is 1.21 bits per heavy atom. The van der Waals surface area contributed by atoms with Crippen molar-refractivity contribution in [2.45, 2.75) is 46.0 Å². The van der Waals surface area contributed by atoms with Crippen LogP contribution < -0.4 is 5.73 Å². The molecule has 1 aliphatic rings. The second-order valence-electron chi connectivity index (χ2n) is 7.12. The van der Waals surface area contributed by atoms with Crippen molar-refractivity contribution in [2.24, 2.45) is 11.3 Å². The molecule has 102 valence electrons. The van der Waals surface area contributed by atoms with Crippen molar-refractivity contribution in [3.63, 3.8) is 0 Å². The van der Waals surface area contributed by atoms with E-state index in [1.54, 1.807) is 0 Å². The van der Waals surface area contributed by atoms with Crippen LogP contribution in [0.15, 0.2) is 24.4 Å². The van der Waals surface area contributed by atoms with E-state index in [9.17, 15) is 0 Å². The van der Waals surface area contributed by atoms with Gasteiger partial charge in [0.1, 0.15) is 0 Å². The fourth-order valence-electron chi connectivity index (χ4n) is 3.55. The number of rotatable bonds is 1. The highest BCUT2D eigenvalue weighted by atomic mass is 14.7. The molecule has 0 radical (unpaired) electrons. The van der Waals surface area contributed by atoms with Crippen LogP contribution in [-0.4, -0.2) is 4.98 Å². The first kappa shape index (κ1) is 12.6. The summed E-state index contributed by atoms with van der Waals surface area (Å²) in [5, 5.41) is 1.32. The molecule has 0 amide bonds. The number of hydrogen-bond acceptors (Lipinski definition) is 1. The SMILES string of the molecule is CC(C)(C)C1CCC(c2c[nH]c3ccc(N)cc23)C1. The molecular weight excluding hydrogens is 232 g/mol. The monoisotopic (exact) mass is 256 g/mol. The highest BCUT2D eigenvalue weighted by molar-refractivity contribution is 5.86. The maximum absolute atomic E-state index is 5.93. The highest BCUT2D eigenvalue weighted by Crippen LogP contribution is 2.47. The quantitative estimate of drug-likeness (QED) is 0.715. The van der Waals surface area contributed by atoms with Gasteiger partial charge in [-0.05, 0) is 60.3 Å². The van der Waals surface area contributed by atoms with E-state index in [2.05, 4.69) is 44.1 Å². The molecule has 1 aliphatic carbocycles. The summed E-state index contributed by atoms with van der Waals surface area (Å²) >= 11 is 0. The van der Waals surface area contributed by atoms with Gasteiger partial charge in [-0.25, -0.2) is 0 Å². The van der Waals surface area contributed by atoms with Crippen LogP contribution in [0.2, 0.25) is 0 Å². The van der Waals surface area contributed by atoms with E-state index in [1.165, 1.54) is 35.7 Å². The molecule has 2 heteroatoms. The van der Waals surface area contributed by atoms with Gasteiger partial charge < -0.3 is 10.7 Å². The molecule has 2 nitrogen and oxygen atoms in total. The highest BCUT2D eigenvalue weighted by Gasteiger charge is 2.34. The van der Waals surface area contributed by atoms with Crippen molar-refractivity contribution in [1.29, 1.82) is 0 Å². The van der Waals surface area contributed by atoms with Gasteiger partial charge in [-0.3, -0.25) is 0 Å². The lowest BCUT2D eigenvalue weighted by Gasteiger charge is -2.26. The molecule has 0 spiro atoms. The number of hydrogen-bond donors (Lipinski definition) is 2. The fourth-order valence-corrected chi connectivity index (χ4v) is 3.55. The number of nitrogen functional groups attached to an aromatic ring is 1. The summed E-state index contributed by atoms with van der Waals surface area (Å²) in [5.41, 5.74) is 9.90. The molecule has 2 atom stereocenters. The van der Waals surface area contributed by atoms with Crippen LogP contribution in [0, 0.1) is 11.3 Å². The Bertz CT molecular complexity index is 589. The van der Waals surface area contributed by atoms with Gasteiger partial charge in [0.15, 0.2) is 0 Å². The third-order valence-electron chi connectivity index (χ3n) is 4.83.